The van der Waals surface area contributed by atoms with Crippen molar-refractivity contribution in [2.24, 2.45) is 0 Å². The third-order valence-electron chi connectivity index (χ3n) is 1.55. The second-order valence-corrected chi connectivity index (χ2v) is 2.51. The minimum absolute atomic E-state index is 0.0374. The summed E-state index contributed by atoms with van der Waals surface area (Å²) in [5, 5.41) is 17.0. The van der Waals surface area contributed by atoms with Gasteiger partial charge in [0.05, 0.1) is 19.5 Å². The van der Waals surface area contributed by atoms with E-state index in [9.17, 15) is 4.79 Å². The molecule has 0 aliphatic heterocycles. The van der Waals surface area contributed by atoms with Crippen molar-refractivity contribution in [2.45, 2.75) is 6.73 Å². The number of anilines is 1. The highest BCUT2D eigenvalue weighted by molar-refractivity contribution is 5.90. The number of aromatic carboxylic acids is 1. The number of imidazole rings is 1. The SMILES string of the molecule is Nc1c(C(=O)O)ncn1COCCO. The number of ether oxygens (including phenoxy) is 1. The Bertz CT molecular complexity index is 323. The van der Waals surface area contributed by atoms with Crippen LogP contribution in [0, 0.1) is 0 Å². The van der Waals surface area contributed by atoms with Gasteiger partial charge in [0, 0.05) is 0 Å². The summed E-state index contributed by atoms with van der Waals surface area (Å²) in [7, 11) is 0. The summed E-state index contributed by atoms with van der Waals surface area (Å²) in [6.45, 7) is 0.146. The zero-order valence-electron chi connectivity index (χ0n) is 7.38. The van der Waals surface area contributed by atoms with Crippen LogP contribution in [0.2, 0.25) is 0 Å². The molecule has 0 atom stereocenters. The molecule has 1 aromatic rings. The van der Waals surface area contributed by atoms with Crippen LogP contribution in [0.4, 0.5) is 5.82 Å². The van der Waals surface area contributed by atoms with Gasteiger partial charge in [0.1, 0.15) is 12.5 Å². The van der Waals surface area contributed by atoms with Crippen molar-refractivity contribution in [2.75, 3.05) is 18.9 Å². The van der Waals surface area contributed by atoms with Gasteiger partial charge in [0.15, 0.2) is 5.69 Å². The third-order valence-corrected chi connectivity index (χ3v) is 1.55. The van der Waals surface area contributed by atoms with Crippen molar-refractivity contribution in [1.82, 2.24) is 9.55 Å². The van der Waals surface area contributed by atoms with Crippen LogP contribution in [0.5, 0.6) is 0 Å². The molecule has 4 N–H and O–H groups in total. The lowest BCUT2D eigenvalue weighted by molar-refractivity contribution is 0.0491. The number of nitrogens with zero attached hydrogens (tertiary/aromatic N) is 2. The number of aromatic nitrogens is 2. The number of hydrogen-bond donors (Lipinski definition) is 3. The lowest BCUT2D eigenvalue weighted by atomic mass is 10.4. The number of carboxylic acid groups (broad SMARTS) is 1. The maximum Gasteiger partial charge on any atom is 0.358 e. The number of nitrogens with two attached hydrogens (primary N) is 1. The molecule has 0 bridgehead atoms. The molecule has 7 heteroatoms. The van der Waals surface area contributed by atoms with Crippen LogP contribution in [-0.2, 0) is 11.5 Å². The third kappa shape index (κ3) is 2.21. The van der Waals surface area contributed by atoms with Crippen LogP contribution in [-0.4, -0.2) is 38.9 Å². The van der Waals surface area contributed by atoms with Crippen LogP contribution < -0.4 is 5.73 Å². The summed E-state index contributed by atoms with van der Waals surface area (Å²) < 4.78 is 6.29. The molecule has 0 aromatic carbocycles. The normalized spacial score (nSPS) is 10.4. The van der Waals surface area contributed by atoms with E-state index in [1.807, 2.05) is 0 Å². The zero-order valence-corrected chi connectivity index (χ0v) is 7.38. The number of carbonyl (C=O) groups is 1. The molecule has 7 nitrogen and oxygen atoms in total. The van der Waals surface area contributed by atoms with Crippen LogP contribution in [0.1, 0.15) is 10.5 Å². The molecule has 0 fully saturated rings. The van der Waals surface area contributed by atoms with E-state index < -0.39 is 5.97 Å². The Hall–Kier alpha value is -1.60. The average molecular weight is 201 g/mol. The van der Waals surface area contributed by atoms with Gasteiger partial charge in [0.25, 0.3) is 0 Å². The van der Waals surface area contributed by atoms with Crippen molar-refractivity contribution in [1.29, 1.82) is 0 Å². The van der Waals surface area contributed by atoms with E-state index in [1.54, 1.807) is 0 Å². The van der Waals surface area contributed by atoms with Crippen molar-refractivity contribution in [3.63, 3.8) is 0 Å². The molecule has 78 valence electrons. The highest BCUT2D eigenvalue weighted by Gasteiger charge is 2.13. The van der Waals surface area contributed by atoms with Gasteiger partial charge in [-0.15, -0.1) is 0 Å². The van der Waals surface area contributed by atoms with Gasteiger partial charge in [-0.1, -0.05) is 0 Å². The molecule has 0 unspecified atom stereocenters. The van der Waals surface area contributed by atoms with Crippen LogP contribution >= 0.6 is 0 Å². The molecule has 1 rings (SSSR count). The van der Waals surface area contributed by atoms with Gasteiger partial charge in [-0.2, -0.15) is 0 Å². The van der Waals surface area contributed by atoms with Crippen molar-refractivity contribution in [3.05, 3.63) is 12.0 Å². The second kappa shape index (κ2) is 4.58. The van der Waals surface area contributed by atoms with Gasteiger partial charge in [0.2, 0.25) is 0 Å². The zero-order chi connectivity index (χ0) is 10.6. The molecule has 14 heavy (non-hydrogen) atoms. The number of aliphatic hydroxyl groups excluding tert-OH is 1. The number of aliphatic hydroxyl groups is 1. The maximum atomic E-state index is 10.5. The fourth-order valence-electron chi connectivity index (χ4n) is 0.887. The molecule has 0 saturated carbocycles. The monoisotopic (exact) mass is 201 g/mol. The van der Waals surface area contributed by atoms with Crippen molar-refractivity contribution >= 4 is 11.8 Å². The van der Waals surface area contributed by atoms with E-state index in [1.165, 1.54) is 10.9 Å². The van der Waals surface area contributed by atoms with Gasteiger partial charge < -0.3 is 20.7 Å². The predicted octanol–water partition coefficient (Wildman–Crippen LogP) is -0.870. The Morgan fingerprint density at radius 3 is 2.93 bits per heavy atom. The van der Waals surface area contributed by atoms with E-state index in [0.29, 0.717) is 0 Å². The van der Waals surface area contributed by atoms with E-state index >= 15 is 0 Å². The molecule has 0 radical (unpaired) electrons. The van der Waals surface area contributed by atoms with Crippen LogP contribution in [0.3, 0.4) is 0 Å². The molecule has 0 amide bonds. The smallest absolute Gasteiger partial charge is 0.358 e. The van der Waals surface area contributed by atoms with Gasteiger partial charge in [-0.3, -0.25) is 4.57 Å². The highest BCUT2D eigenvalue weighted by Crippen LogP contribution is 2.09. The minimum atomic E-state index is -1.18. The van der Waals surface area contributed by atoms with Gasteiger partial charge in [-0.25, -0.2) is 9.78 Å². The van der Waals surface area contributed by atoms with Crippen LogP contribution in [0.25, 0.3) is 0 Å². The largest absolute Gasteiger partial charge is 0.476 e. The molecule has 1 heterocycles. The Morgan fingerprint density at radius 1 is 1.71 bits per heavy atom. The summed E-state index contributed by atoms with van der Waals surface area (Å²) in [5.74, 6) is -1.14. The van der Waals surface area contributed by atoms with Gasteiger partial charge >= 0.3 is 5.97 Å². The second-order valence-electron chi connectivity index (χ2n) is 2.51. The fraction of sp³-hybridized carbons (Fsp3) is 0.429. The van der Waals surface area contributed by atoms with Crippen LogP contribution in [0.15, 0.2) is 6.33 Å². The fourth-order valence-corrected chi connectivity index (χ4v) is 0.887. The first-order valence-electron chi connectivity index (χ1n) is 3.89. The molecule has 0 spiro atoms. The number of rotatable bonds is 5. The molecular formula is C7H11N3O4. The standard InChI is InChI=1S/C7H11N3O4/c8-6-5(7(12)13)9-3-10(6)4-14-2-1-11/h3,11H,1-2,4,8H2,(H,12,13). The summed E-state index contributed by atoms with van der Waals surface area (Å²) in [6, 6.07) is 0. The molecule has 0 aliphatic rings. The number of carboxylic acids is 1. The Kier molecular flexibility index (Phi) is 3.43. The maximum absolute atomic E-state index is 10.5. The predicted molar refractivity (Wildman–Crippen MR) is 46.6 cm³/mol. The first-order chi connectivity index (χ1) is 6.66. The lowest BCUT2D eigenvalue weighted by Gasteiger charge is -2.04. The van der Waals surface area contributed by atoms with Crippen molar-refractivity contribution in [3.8, 4) is 0 Å². The lowest BCUT2D eigenvalue weighted by Crippen LogP contribution is -2.09. The minimum Gasteiger partial charge on any atom is -0.476 e. The van der Waals surface area contributed by atoms with E-state index in [-0.39, 0.29) is 31.5 Å². The Labute approximate surface area is 79.7 Å². The van der Waals surface area contributed by atoms with Crippen molar-refractivity contribution < 1.29 is 19.7 Å². The Balaban J connectivity index is 2.65. The summed E-state index contributed by atoms with van der Waals surface area (Å²) >= 11 is 0. The van der Waals surface area contributed by atoms with Gasteiger partial charge in [-0.05, 0) is 0 Å². The highest BCUT2D eigenvalue weighted by atomic mass is 16.5. The summed E-state index contributed by atoms with van der Waals surface area (Å²) in [4.78, 5) is 14.1. The first-order valence-corrected chi connectivity index (χ1v) is 3.89. The summed E-state index contributed by atoms with van der Waals surface area (Å²) in [5.41, 5.74) is 5.27. The van der Waals surface area contributed by atoms with E-state index in [0.717, 1.165) is 0 Å². The molecule has 0 saturated heterocycles. The summed E-state index contributed by atoms with van der Waals surface area (Å²) in [6.07, 6.45) is 1.27. The molecule has 0 aliphatic carbocycles. The van der Waals surface area contributed by atoms with E-state index in [4.69, 9.17) is 20.7 Å². The van der Waals surface area contributed by atoms with E-state index in [2.05, 4.69) is 4.98 Å². The average Bonchev–Trinajstić information content (AvgIpc) is 2.48. The quantitative estimate of drug-likeness (QED) is 0.534. The molecule has 1 aromatic heterocycles. The first kappa shape index (κ1) is 10.5. The number of nitrogen functional groups attached to an aromatic ring is 1. The topological polar surface area (TPSA) is 111 Å². The Morgan fingerprint density at radius 2 is 2.43 bits per heavy atom. The number of hydrogen-bond acceptors (Lipinski definition) is 5. The molecular weight excluding hydrogens is 190 g/mol.